The smallest absolute Gasteiger partial charge is 0.191 e. The summed E-state index contributed by atoms with van der Waals surface area (Å²) in [5.74, 6) is 2.09. The zero-order valence-corrected chi connectivity index (χ0v) is 13.7. The minimum atomic E-state index is 0.737. The summed E-state index contributed by atoms with van der Waals surface area (Å²) in [5.41, 5.74) is 1.09. The van der Waals surface area contributed by atoms with E-state index >= 15 is 0 Å². The third-order valence-electron chi connectivity index (χ3n) is 2.63. The Labute approximate surface area is 124 Å². The second-order valence-corrected chi connectivity index (χ2v) is 6.07. The highest BCUT2D eigenvalue weighted by Gasteiger charge is 2.02. The molecule has 0 aliphatic heterocycles. The molecule has 19 heavy (non-hydrogen) atoms. The summed E-state index contributed by atoms with van der Waals surface area (Å²) in [6.07, 6.45) is 5.58. The largest absolute Gasteiger partial charge is 0.356 e. The van der Waals surface area contributed by atoms with Crippen LogP contribution in [-0.2, 0) is 13.0 Å². The van der Waals surface area contributed by atoms with Gasteiger partial charge >= 0.3 is 0 Å². The molecule has 0 saturated carbocycles. The third kappa shape index (κ3) is 6.82. The fourth-order valence-electron chi connectivity index (χ4n) is 1.57. The molecule has 0 bridgehead atoms. The van der Waals surface area contributed by atoms with Crippen molar-refractivity contribution >= 4 is 29.1 Å². The minimum Gasteiger partial charge on any atom is -0.356 e. The molecular formula is C13H24N4S2. The molecule has 0 saturated heterocycles. The second kappa shape index (κ2) is 10.1. The first-order chi connectivity index (χ1) is 9.30. The molecular weight excluding hydrogens is 276 g/mol. The highest BCUT2D eigenvalue weighted by atomic mass is 32.2. The minimum absolute atomic E-state index is 0.737. The first-order valence-corrected chi connectivity index (χ1v) is 8.94. The van der Waals surface area contributed by atoms with Crippen LogP contribution in [-0.4, -0.2) is 36.5 Å². The second-order valence-electron chi connectivity index (χ2n) is 4.14. The fraction of sp³-hybridized carbons (Fsp3) is 0.692. The van der Waals surface area contributed by atoms with Gasteiger partial charge in [-0.05, 0) is 31.3 Å². The van der Waals surface area contributed by atoms with Crippen molar-refractivity contribution < 1.29 is 0 Å². The maximum absolute atomic E-state index is 4.53. The number of unbranched alkanes of at least 4 members (excludes halogenated alkanes) is 1. The van der Waals surface area contributed by atoms with E-state index in [0.717, 1.165) is 31.2 Å². The molecule has 0 spiro atoms. The Morgan fingerprint density at radius 3 is 2.89 bits per heavy atom. The van der Waals surface area contributed by atoms with Gasteiger partial charge in [-0.1, -0.05) is 6.92 Å². The van der Waals surface area contributed by atoms with Gasteiger partial charge in [-0.2, -0.15) is 11.8 Å². The Morgan fingerprint density at radius 1 is 1.42 bits per heavy atom. The Morgan fingerprint density at radius 2 is 2.26 bits per heavy atom. The van der Waals surface area contributed by atoms with E-state index < -0.39 is 0 Å². The van der Waals surface area contributed by atoms with E-state index in [1.807, 2.05) is 11.8 Å². The molecule has 1 rings (SSSR count). The van der Waals surface area contributed by atoms with Crippen LogP contribution in [0.1, 0.15) is 30.5 Å². The van der Waals surface area contributed by atoms with Crippen molar-refractivity contribution in [3.8, 4) is 0 Å². The average Bonchev–Trinajstić information content (AvgIpc) is 2.90. The summed E-state index contributed by atoms with van der Waals surface area (Å²) in [6.45, 7) is 3.84. The van der Waals surface area contributed by atoms with Gasteiger partial charge in [0.15, 0.2) is 5.96 Å². The van der Waals surface area contributed by atoms with E-state index in [9.17, 15) is 0 Å². The van der Waals surface area contributed by atoms with Crippen LogP contribution in [0.25, 0.3) is 0 Å². The number of hydrogen-bond acceptors (Lipinski definition) is 4. The van der Waals surface area contributed by atoms with Gasteiger partial charge in [0.1, 0.15) is 0 Å². The normalized spacial score (nSPS) is 11.6. The number of hydrogen-bond donors (Lipinski definition) is 2. The van der Waals surface area contributed by atoms with E-state index in [0.29, 0.717) is 0 Å². The van der Waals surface area contributed by atoms with Crippen LogP contribution in [0, 0.1) is 0 Å². The summed E-state index contributed by atoms with van der Waals surface area (Å²) in [4.78, 5) is 8.74. The quantitative estimate of drug-likeness (QED) is 0.440. The summed E-state index contributed by atoms with van der Waals surface area (Å²) in [7, 11) is 1.80. The van der Waals surface area contributed by atoms with Crippen LogP contribution >= 0.6 is 23.1 Å². The molecule has 0 atom stereocenters. The highest BCUT2D eigenvalue weighted by molar-refractivity contribution is 7.98. The van der Waals surface area contributed by atoms with Crippen molar-refractivity contribution in [3.63, 3.8) is 0 Å². The zero-order chi connectivity index (χ0) is 13.9. The van der Waals surface area contributed by atoms with Gasteiger partial charge in [0.25, 0.3) is 0 Å². The standard InChI is InChI=1S/C13H24N4S2/c1-4-12-17-11(10-19-12)9-16-13(14-2)15-7-5-6-8-18-3/h10H,4-9H2,1-3H3,(H2,14,15,16). The van der Waals surface area contributed by atoms with E-state index in [-0.39, 0.29) is 0 Å². The predicted molar refractivity (Wildman–Crippen MR) is 87.3 cm³/mol. The van der Waals surface area contributed by atoms with Crippen molar-refractivity contribution in [2.45, 2.75) is 32.7 Å². The monoisotopic (exact) mass is 300 g/mol. The van der Waals surface area contributed by atoms with Crippen molar-refractivity contribution in [3.05, 3.63) is 16.1 Å². The van der Waals surface area contributed by atoms with Crippen LogP contribution in [0.5, 0.6) is 0 Å². The molecule has 0 aromatic carbocycles. The molecule has 0 radical (unpaired) electrons. The van der Waals surface area contributed by atoms with Gasteiger partial charge in [-0.15, -0.1) is 11.3 Å². The molecule has 1 aromatic heterocycles. The summed E-state index contributed by atoms with van der Waals surface area (Å²) < 4.78 is 0. The van der Waals surface area contributed by atoms with E-state index in [4.69, 9.17) is 0 Å². The molecule has 0 aliphatic rings. The summed E-state index contributed by atoms with van der Waals surface area (Å²) in [5, 5.41) is 9.92. The lowest BCUT2D eigenvalue weighted by molar-refractivity contribution is 0.730. The zero-order valence-electron chi connectivity index (χ0n) is 12.0. The molecule has 0 aliphatic carbocycles. The van der Waals surface area contributed by atoms with Crippen molar-refractivity contribution in [2.75, 3.05) is 25.6 Å². The number of nitrogens with zero attached hydrogens (tertiary/aromatic N) is 2. The maximum atomic E-state index is 4.53. The van der Waals surface area contributed by atoms with Gasteiger partial charge in [-0.25, -0.2) is 4.98 Å². The number of guanidine groups is 1. The lowest BCUT2D eigenvalue weighted by atomic mass is 10.3. The van der Waals surface area contributed by atoms with Gasteiger partial charge in [0, 0.05) is 19.0 Å². The molecule has 0 unspecified atom stereocenters. The molecule has 0 amide bonds. The van der Waals surface area contributed by atoms with E-state index in [1.54, 1.807) is 18.4 Å². The molecule has 4 nitrogen and oxygen atoms in total. The Kier molecular flexibility index (Phi) is 8.66. The first kappa shape index (κ1) is 16.3. The number of nitrogens with one attached hydrogen (secondary N) is 2. The number of thiazole rings is 1. The van der Waals surface area contributed by atoms with Crippen LogP contribution in [0.2, 0.25) is 0 Å². The van der Waals surface area contributed by atoms with Crippen LogP contribution in [0.3, 0.4) is 0 Å². The van der Waals surface area contributed by atoms with Gasteiger partial charge in [0.2, 0.25) is 0 Å². The first-order valence-electron chi connectivity index (χ1n) is 6.66. The van der Waals surface area contributed by atoms with Gasteiger partial charge < -0.3 is 10.6 Å². The SMILES string of the molecule is CCc1nc(CNC(=NC)NCCCCSC)cs1. The predicted octanol–water partition coefficient (Wildman–Crippen LogP) is 2.51. The summed E-state index contributed by atoms with van der Waals surface area (Å²) >= 11 is 3.62. The maximum Gasteiger partial charge on any atom is 0.191 e. The van der Waals surface area contributed by atoms with Crippen LogP contribution < -0.4 is 10.6 Å². The Hall–Kier alpha value is -0.750. The lowest BCUT2D eigenvalue weighted by Crippen LogP contribution is -2.37. The Balaban J connectivity index is 2.21. The van der Waals surface area contributed by atoms with E-state index in [1.165, 1.54) is 23.6 Å². The highest BCUT2D eigenvalue weighted by Crippen LogP contribution is 2.09. The number of aromatic nitrogens is 1. The Bertz CT molecular complexity index is 376. The number of rotatable bonds is 8. The topological polar surface area (TPSA) is 49.3 Å². The molecule has 1 heterocycles. The van der Waals surface area contributed by atoms with Crippen molar-refractivity contribution in [1.82, 2.24) is 15.6 Å². The van der Waals surface area contributed by atoms with Crippen LogP contribution in [0.4, 0.5) is 0 Å². The van der Waals surface area contributed by atoms with Crippen LogP contribution in [0.15, 0.2) is 10.4 Å². The number of aryl methyl sites for hydroxylation is 1. The molecule has 2 N–H and O–H groups in total. The molecule has 1 aromatic rings. The van der Waals surface area contributed by atoms with Gasteiger partial charge in [-0.3, -0.25) is 4.99 Å². The van der Waals surface area contributed by atoms with Crippen molar-refractivity contribution in [2.24, 2.45) is 4.99 Å². The molecule has 0 fully saturated rings. The van der Waals surface area contributed by atoms with E-state index in [2.05, 4.69) is 39.2 Å². The lowest BCUT2D eigenvalue weighted by Gasteiger charge is -2.10. The number of thioether (sulfide) groups is 1. The molecule has 6 heteroatoms. The molecule has 108 valence electrons. The van der Waals surface area contributed by atoms with Gasteiger partial charge in [0.05, 0.1) is 17.2 Å². The summed E-state index contributed by atoms with van der Waals surface area (Å²) in [6, 6.07) is 0. The average molecular weight is 300 g/mol. The van der Waals surface area contributed by atoms with Crippen molar-refractivity contribution in [1.29, 1.82) is 0 Å². The fourth-order valence-corrected chi connectivity index (χ4v) is 2.80. The number of aliphatic imine (C=N–C) groups is 1. The third-order valence-corrected chi connectivity index (χ3v) is 4.37.